The van der Waals surface area contributed by atoms with Crippen LogP contribution >= 0.6 is 0 Å². The molecule has 3 aromatic carbocycles. The number of aromatic hydroxyl groups is 1. The van der Waals surface area contributed by atoms with E-state index in [9.17, 15) is 9.90 Å². The Morgan fingerprint density at radius 1 is 0.500 bits per heavy atom. The van der Waals surface area contributed by atoms with Gasteiger partial charge in [-0.05, 0) is 43.2 Å². The molecule has 0 heterocycles. The zero-order chi connectivity index (χ0) is 42.7. The van der Waals surface area contributed by atoms with Gasteiger partial charge in [-0.3, -0.25) is 4.79 Å². The van der Waals surface area contributed by atoms with Crippen LogP contribution in [0.5, 0.6) is 11.5 Å². The van der Waals surface area contributed by atoms with E-state index in [4.69, 9.17) is 4.74 Å². The van der Waals surface area contributed by atoms with Gasteiger partial charge in [0.2, 0.25) is 0 Å². The standard InChI is InChI=1S/C54H87N3O3/c1-4-6-8-10-12-14-16-18-20-22-24-26-28-30-32-36-44-57(45-37-33-31-29-27-25-23-21-19-17-15-13-11-9-7-5-2)54(59)51-46-52(49-38-34-35-39-50(49)53(51)58)56-55-47-40-42-48(60-3)43-41-47/h34-35,38-43,46,58H,4-33,36-37,44-45H2,1-3H3/b56-55+. The predicted molar refractivity (Wildman–Crippen MR) is 258 cm³/mol. The summed E-state index contributed by atoms with van der Waals surface area (Å²) in [7, 11) is 1.64. The number of carbonyl (C=O) groups is 1. The van der Waals surface area contributed by atoms with Crippen molar-refractivity contribution in [3.8, 4) is 11.5 Å². The molecule has 60 heavy (non-hydrogen) atoms. The molecule has 0 bridgehead atoms. The molecular weight excluding hydrogens is 739 g/mol. The molecule has 0 aromatic heterocycles. The zero-order valence-electron chi connectivity index (χ0n) is 38.8. The van der Waals surface area contributed by atoms with Gasteiger partial charge in [0.1, 0.15) is 11.5 Å². The highest BCUT2D eigenvalue weighted by atomic mass is 16.5. The Balaban J connectivity index is 1.48. The average Bonchev–Trinajstić information content (AvgIpc) is 3.27. The van der Waals surface area contributed by atoms with E-state index < -0.39 is 0 Å². The van der Waals surface area contributed by atoms with Crippen molar-refractivity contribution in [3.05, 3.63) is 60.2 Å². The fourth-order valence-corrected chi connectivity index (χ4v) is 8.53. The molecule has 0 saturated heterocycles. The summed E-state index contributed by atoms with van der Waals surface area (Å²) in [6, 6.07) is 16.8. The van der Waals surface area contributed by atoms with Gasteiger partial charge in [-0.2, -0.15) is 5.11 Å². The first-order valence-corrected chi connectivity index (χ1v) is 25.2. The maximum absolute atomic E-state index is 14.4. The maximum atomic E-state index is 14.4. The number of azo groups is 1. The summed E-state index contributed by atoms with van der Waals surface area (Å²) in [5, 5.41) is 22.0. The molecule has 0 unspecified atom stereocenters. The van der Waals surface area contributed by atoms with E-state index in [1.165, 1.54) is 180 Å². The fraction of sp³-hybridized carbons (Fsp3) is 0.685. The van der Waals surface area contributed by atoms with Crippen molar-refractivity contribution < 1.29 is 14.6 Å². The van der Waals surface area contributed by atoms with E-state index in [-0.39, 0.29) is 11.7 Å². The summed E-state index contributed by atoms with van der Waals surface area (Å²) in [5.74, 6) is 0.676. The predicted octanol–water partition coefficient (Wildman–Crippen LogP) is 17.9. The second-order valence-electron chi connectivity index (χ2n) is 17.6. The summed E-state index contributed by atoms with van der Waals surface area (Å²) in [5.41, 5.74) is 1.58. The molecule has 1 amide bonds. The van der Waals surface area contributed by atoms with E-state index >= 15 is 0 Å². The van der Waals surface area contributed by atoms with E-state index in [1.807, 2.05) is 53.4 Å². The van der Waals surface area contributed by atoms with Crippen LogP contribution in [0.4, 0.5) is 11.4 Å². The molecule has 1 N–H and O–H groups in total. The Labute approximate surface area is 367 Å². The molecule has 0 aliphatic heterocycles. The van der Waals surface area contributed by atoms with Crippen LogP contribution in [0.1, 0.15) is 230 Å². The van der Waals surface area contributed by atoms with Crippen LogP contribution in [0.3, 0.4) is 0 Å². The van der Waals surface area contributed by atoms with Gasteiger partial charge in [0.05, 0.1) is 24.0 Å². The molecule has 0 saturated carbocycles. The summed E-state index contributed by atoms with van der Waals surface area (Å²) < 4.78 is 5.29. The summed E-state index contributed by atoms with van der Waals surface area (Å²) in [6.07, 6.45) is 42.5. The number of carbonyl (C=O) groups excluding carboxylic acids is 1. The molecule has 6 heteroatoms. The second-order valence-corrected chi connectivity index (χ2v) is 17.6. The van der Waals surface area contributed by atoms with Gasteiger partial charge < -0.3 is 14.7 Å². The van der Waals surface area contributed by atoms with E-state index in [2.05, 4.69) is 24.1 Å². The normalized spacial score (nSPS) is 11.6. The molecule has 0 spiro atoms. The topological polar surface area (TPSA) is 74.5 Å². The Bertz CT molecular complexity index is 1500. The van der Waals surface area contributed by atoms with Gasteiger partial charge in [-0.25, -0.2) is 0 Å². The number of hydrogen-bond acceptors (Lipinski definition) is 5. The number of phenols is 1. The lowest BCUT2D eigenvalue weighted by Crippen LogP contribution is -2.33. The molecule has 0 fully saturated rings. The fourth-order valence-electron chi connectivity index (χ4n) is 8.53. The SMILES string of the molecule is CCCCCCCCCCCCCCCCCCN(CCCCCCCCCCCCCCCCCC)C(=O)c1cc(/N=N/c2ccc(OC)cc2)c2ccccc2c1O. The third kappa shape index (κ3) is 21.9. The van der Waals surface area contributed by atoms with Gasteiger partial charge in [0.15, 0.2) is 0 Å². The van der Waals surface area contributed by atoms with Crippen LogP contribution < -0.4 is 4.74 Å². The van der Waals surface area contributed by atoms with E-state index in [0.29, 0.717) is 35.4 Å². The quantitative estimate of drug-likeness (QED) is 0.0462. The molecule has 0 aliphatic carbocycles. The molecule has 0 radical (unpaired) electrons. The van der Waals surface area contributed by atoms with Crippen LogP contribution in [0.15, 0.2) is 64.8 Å². The Morgan fingerprint density at radius 2 is 0.867 bits per heavy atom. The third-order valence-corrected chi connectivity index (χ3v) is 12.4. The molecule has 6 nitrogen and oxygen atoms in total. The number of benzene rings is 3. The molecule has 0 atom stereocenters. The third-order valence-electron chi connectivity index (χ3n) is 12.4. The molecular formula is C54H87N3O3. The van der Waals surface area contributed by atoms with Crippen LogP contribution in [0, 0.1) is 0 Å². The number of unbranched alkanes of at least 4 members (excludes halogenated alkanes) is 30. The van der Waals surface area contributed by atoms with Crippen LogP contribution in [-0.4, -0.2) is 36.1 Å². The minimum absolute atomic E-state index is 0.0305. The number of phenolic OH excluding ortho intramolecular Hbond substituents is 1. The minimum atomic E-state index is -0.110. The Morgan fingerprint density at radius 3 is 1.25 bits per heavy atom. The number of rotatable bonds is 38. The first-order valence-electron chi connectivity index (χ1n) is 25.2. The van der Waals surface area contributed by atoms with Crippen molar-refractivity contribution in [2.24, 2.45) is 10.2 Å². The van der Waals surface area contributed by atoms with Gasteiger partial charge in [0.25, 0.3) is 5.91 Å². The number of nitrogens with zero attached hydrogens (tertiary/aromatic N) is 3. The van der Waals surface area contributed by atoms with Crippen molar-refractivity contribution >= 4 is 28.1 Å². The Hall–Kier alpha value is -3.41. The van der Waals surface area contributed by atoms with Gasteiger partial charge in [-0.15, -0.1) is 5.11 Å². The first-order chi connectivity index (χ1) is 29.6. The van der Waals surface area contributed by atoms with E-state index in [0.717, 1.165) is 36.8 Å². The smallest absolute Gasteiger partial charge is 0.257 e. The van der Waals surface area contributed by atoms with Crippen LogP contribution in [0.2, 0.25) is 0 Å². The number of amides is 1. The summed E-state index contributed by atoms with van der Waals surface area (Å²) in [4.78, 5) is 16.4. The highest BCUT2D eigenvalue weighted by molar-refractivity contribution is 6.07. The highest BCUT2D eigenvalue weighted by Gasteiger charge is 2.22. The Kier molecular flexibility index (Phi) is 29.0. The average molecular weight is 826 g/mol. The van der Waals surface area contributed by atoms with Gasteiger partial charge >= 0.3 is 0 Å². The number of methoxy groups -OCH3 is 1. The molecule has 3 aromatic rings. The van der Waals surface area contributed by atoms with Crippen molar-refractivity contribution in [2.75, 3.05) is 20.2 Å². The van der Waals surface area contributed by atoms with Crippen molar-refractivity contribution in [2.45, 2.75) is 219 Å². The largest absolute Gasteiger partial charge is 0.506 e. The van der Waals surface area contributed by atoms with Crippen molar-refractivity contribution in [3.63, 3.8) is 0 Å². The lowest BCUT2D eigenvalue weighted by Gasteiger charge is -2.24. The number of fused-ring (bicyclic) bond motifs is 1. The highest BCUT2D eigenvalue weighted by Crippen LogP contribution is 2.38. The van der Waals surface area contributed by atoms with Crippen molar-refractivity contribution in [1.29, 1.82) is 0 Å². The number of ether oxygens (including phenoxy) is 1. The minimum Gasteiger partial charge on any atom is -0.506 e. The first kappa shape index (κ1) is 50.9. The monoisotopic (exact) mass is 826 g/mol. The van der Waals surface area contributed by atoms with Crippen molar-refractivity contribution in [1.82, 2.24) is 4.90 Å². The summed E-state index contributed by atoms with van der Waals surface area (Å²) in [6.45, 7) is 6.00. The van der Waals surface area contributed by atoms with E-state index in [1.54, 1.807) is 13.2 Å². The molecule has 3 rings (SSSR count). The second kappa shape index (κ2) is 34.2. The maximum Gasteiger partial charge on any atom is 0.257 e. The van der Waals surface area contributed by atoms with Crippen LogP contribution in [0.25, 0.3) is 10.8 Å². The zero-order valence-corrected chi connectivity index (χ0v) is 38.8. The lowest BCUT2D eigenvalue weighted by molar-refractivity contribution is 0.0746. The molecule has 0 aliphatic rings. The van der Waals surface area contributed by atoms with Gasteiger partial charge in [0, 0.05) is 23.9 Å². The lowest BCUT2D eigenvalue weighted by atomic mass is 10.0. The number of hydrogen-bond donors (Lipinski definition) is 1. The molecule has 336 valence electrons. The summed E-state index contributed by atoms with van der Waals surface area (Å²) >= 11 is 0. The van der Waals surface area contributed by atoms with Crippen LogP contribution in [-0.2, 0) is 0 Å². The van der Waals surface area contributed by atoms with Gasteiger partial charge in [-0.1, -0.05) is 231 Å².